The third kappa shape index (κ3) is 13.5. The molecule has 2 rings (SSSR count). The molecule has 1 aromatic carbocycles. The van der Waals surface area contributed by atoms with Gasteiger partial charge in [0.25, 0.3) is 0 Å². The van der Waals surface area contributed by atoms with Gasteiger partial charge in [0, 0.05) is 39.8 Å². The molecule has 3 amide bonds. The van der Waals surface area contributed by atoms with E-state index in [0.717, 1.165) is 18.4 Å². The van der Waals surface area contributed by atoms with Crippen molar-refractivity contribution in [1.82, 2.24) is 25.3 Å². The highest BCUT2D eigenvalue weighted by Gasteiger charge is 2.43. The zero-order valence-electron chi connectivity index (χ0n) is 36.5. The molecular formula is C43H75N5O8. The summed E-state index contributed by atoms with van der Waals surface area (Å²) in [5.41, 5.74) is 1.03. The first-order chi connectivity index (χ1) is 26.3. The van der Waals surface area contributed by atoms with Crippen LogP contribution in [0, 0.1) is 29.6 Å². The normalized spacial score (nSPS) is 20.2. The second-order valence-corrected chi connectivity index (χ2v) is 17.0. The van der Waals surface area contributed by atoms with Gasteiger partial charge >= 0.3 is 5.97 Å². The molecule has 1 fully saturated rings. The van der Waals surface area contributed by atoms with Crippen LogP contribution in [0.4, 0.5) is 0 Å². The molecule has 11 atom stereocenters. The third-order valence-corrected chi connectivity index (χ3v) is 11.8. The number of aliphatic hydroxyl groups is 1. The molecule has 0 bridgehead atoms. The summed E-state index contributed by atoms with van der Waals surface area (Å²) in [4.78, 5) is 59.1. The lowest BCUT2D eigenvalue weighted by molar-refractivity contribution is -0.147. The molecule has 1 heterocycles. The van der Waals surface area contributed by atoms with E-state index in [-0.39, 0.29) is 54.0 Å². The second-order valence-electron chi connectivity index (χ2n) is 17.0. The van der Waals surface area contributed by atoms with Crippen LogP contribution < -0.4 is 10.6 Å². The van der Waals surface area contributed by atoms with Crippen molar-refractivity contribution in [2.24, 2.45) is 29.6 Å². The van der Waals surface area contributed by atoms with Gasteiger partial charge in [-0.15, -0.1) is 0 Å². The highest BCUT2D eigenvalue weighted by molar-refractivity contribution is 5.90. The number of benzene rings is 1. The smallest absolute Gasteiger partial charge is 0.306 e. The number of aliphatic carboxylic acids is 1. The quantitative estimate of drug-likeness (QED) is 0.112. The van der Waals surface area contributed by atoms with E-state index in [2.05, 4.69) is 10.6 Å². The van der Waals surface area contributed by atoms with Gasteiger partial charge in [0.1, 0.15) is 12.3 Å². The average Bonchev–Trinajstić information content (AvgIpc) is 3.62. The Morgan fingerprint density at radius 1 is 0.946 bits per heavy atom. The van der Waals surface area contributed by atoms with Crippen LogP contribution in [0.3, 0.4) is 0 Å². The van der Waals surface area contributed by atoms with Crippen molar-refractivity contribution in [3.8, 4) is 0 Å². The van der Waals surface area contributed by atoms with Gasteiger partial charge in [-0.1, -0.05) is 92.1 Å². The van der Waals surface area contributed by atoms with Crippen molar-refractivity contribution in [2.75, 3.05) is 41.9 Å². The molecule has 11 unspecified atom stereocenters. The van der Waals surface area contributed by atoms with Crippen molar-refractivity contribution in [2.45, 2.75) is 143 Å². The van der Waals surface area contributed by atoms with Crippen molar-refractivity contribution >= 4 is 23.7 Å². The van der Waals surface area contributed by atoms with Crippen LogP contribution in [0.1, 0.15) is 93.1 Å². The lowest BCUT2D eigenvalue weighted by Gasteiger charge is -2.41. The summed E-state index contributed by atoms with van der Waals surface area (Å²) in [5, 5.41) is 27.5. The maximum Gasteiger partial charge on any atom is 0.306 e. The number of aliphatic hydroxyl groups excluding tert-OH is 1. The van der Waals surface area contributed by atoms with E-state index in [1.807, 2.05) is 103 Å². The number of likely N-dealkylation sites (tertiary alicyclic amines) is 1. The summed E-state index contributed by atoms with van der Waals surface area (Å²) in [5.74, 6) is -2.67. The zero-order chi connectivity index (χ0) is 42.4. The van der Waals surface area contributed by atoms with E-state index in [1.54, 1.807) is 33.1 Å². The lowest BCUT2D eigenvalue weighted by atomic mass is 9.89. The predicted octanol–water partition coefficient (Wildman–Crippen LogP) is 4.26. The van der Waals surface area contributed by atoms with Gasteiger partial charge in [-0.25, -0.2) is 0 Å². The first-order valence-corrected chi connectivity index (χ1v) is 20.6. The highest BCUT2D eigenvalue weighted by Crippen LogP contribution is 2.30. The molecule has 0 radical (unpaired) electrons. The monoisotopic (exact) mass is 790 g/mol. The number of carbonyl (C=O) groups is 4. The fourth-order valence-corrected chi connectivity index (χ4v) is 8.50. The van der Waals surface area contributed by atoms with E-state index in [9.17, 15) is 29.4 Å². The Morgan fingerprint density at radius 3 is 2.07 bits per heavy atom. The molecule has 13 nitrogen and oxygen atoms in total. The van der Waals surface area contributed by atoms with Crippen LogP contribution in [0.15, 0.2) is 30.3 Å². The Labute approximate surface area is 337 Å². The van der Waals surface area contributed by atoms with E-state index in [1.165, 1.54) is 0 Å². The zero-order valence-corrected chi connectivity index (χ0v) is 36.5. The van der Waals surface area contributed by atoms with Gasteiger partial charge in [0.05, 0.1) is 42.7 Å². The summed E-state index contributed by atoms with van der Waals surface area (Å²) in [6.45, 7) is 16.0. The number of carboxylic acid groups (broad SMARTS) is 1. The number of likely N-dealkylation sites (N-methyl/N-ethyl adjacent to an activating group) is 2. The molecule has 320 valence electrons. The van der Waals surface area contributed by atoms with Crippen molar-refractivity contribution in [3.05, 3.63) is 35.9 Å². The van der Waals surface area contributed by atoms with E-state index in [4.69, 9.17) is 9.47 Å². The fourth-order valence-electron chi connectivity index (χ4n) is 8.50. The van der Waals surface area contributed by atoms with E-state index >= 15 is 0 Å². The molecule has 0 aliphatic carbocycles. The molecule has 0 spiro atoms. The second kappa shape index (κ2) is 23.3. The topological polar surface area (TPSA) is 161 Å². The number of rotatable bonds is 24. The largest absolute Gasteiger partial charge is 0.481 e. The summed E-state index contributed by atoms with van der Waals surface area (Å²) in [6.07, 6.45) is 0.929. The number of nitrogens with zero attached hydrogens (tertiary/aromatic N) is 3. The lowest BCUT2D eigenvalue weighted by Crippen LogP contribution is -2.59. The van der Waals surface area contributed by atoms with Crippen molar-refractivity contribution in [1.29, 1.82) is 0 Å². The van der Waals surface area contributed by atoms with E-state index in [0.29, 0.717) is 25.8 Å². The number of carbonyl (C=O) groups excluding carboxylic acids is 3. The van der Waals surface area contributed by atoms with Gasteiger partial charge in [-0.2, -0.15) is 0 Å². The summed E-state index contributed by atoms with van der Waals surface area (Å²) in [7, 11) is 8.61. The number of amides is 3. The van der Waals surface area contributed by atoms with Crippen molar-refractivity contribution < 1.29 is 38.9 Å². The third-order valence-electron chi connectivity index (χ3n) is 11.8. The molecule has 1 saturated heterocycles. The Balaban J connectivity index is 2.29. The molecule has 1 aromatic rings. The van der Waals surface area contributed by atoms with Gasteiger partial charge in [0.2, 0.25) is 17.7 Å². The molecule has 1 aliphatic rings. The molecule has 1 aliphatic heterocycles. The van der Waals surface area contributed by atoms with Gasteiger partial charge in [0.15, 0.2) is 0 Å². The number of hydrogen-bond acceptors (Lipinski definition) is 9. The van der Waals surface area contributed by atoms with Gasteiger partial charge < -0.3 is 34.8 Å². The minimum Gasteiger partial charge on any atom is -0.481 e. The summed E-state index contributed by atoms with van der Waals surface area (Å²) >= 11 is 0. The molecular weight excluding hydrogens is 714 g/mol. The number of methoxy groups -OCH3 is 2. The maximum absolute atomic E-state index is 14.3. The Bertz CT molecular complexity index is 1350. The minimum absolute atomic E-state index is 0.0228. The number of ether oxygens (including phenoxy) is 2. The first-order valence-electron chi connectivity index (χ1n) is 20.6. The molecule has 56 heavy (non-hydrogen) atoms. The molecule has 0 aromatic heterocycles. The van der Waals surface area contributed by atoms with E-state index < -0.39 is 54.4 Å². The van der Waals surface area contributed by atoms with Crippen LogP contribution in [-0.2, 0) is 35.1 Å². The Morgan fingerprint density at radius 2 is 1.57 bits per heavy atom. The van der Waals surface area contributed by atoms with Crippen LogP contribution in [-0.4, -0.2) is 139 Å². The van der Waals surface area contributed by atoms with Crippen LogP contribution in [0.2, 0.25) is 0 Å². The average molecular weight is 790 g/mol. The van der Waals surface area contributed by atoms with Crippen molar-refractivity contribution in [3.63, 3.8) is 0 Å². The van der Waals surface area contributed by atoms with Gasteiger partial charge in [-0.3, -0.25) is 29.4 Å². The maximum atomic E-state index is 14.3. The van der Waals surface area contributed by atoms with Crippen LogP contribution in [0.5, 0.6) is 0 Å². The standard InChI is InChI=1S/C43H75N5O8/c1-14-28(6)38(47(11)42(52)36(26(2)3)45-41(51)37(27(4)5)46(9)10)34(55-12)25-35(49)48-22-18-21-33(48)39(56-13)30(8)40(50)44-32(23-29(7)43(53)54)24-31-19-16-15-17-20-31/h15-17,19-20,26-30,32-34,36-40,44,50H,14,18,21-25H2,1-13H3,(H,45,51)(H,53,54). The highest BCUT2D eigenvalue weighted by atomic mass is 16.5. The van der Waals surface area contributed by atoms with Gasteiger partial charge in [-0.05, 0) is 63.1 Å². The summed E-state index contributed by atoms with van der Waals surface area (Å²) in [6, 6.07) is 7.53. The number of hydrogen-bond donors (Lipinski definition) is 4. The predicted molar refractivity (Wildman–Crippen MR) is 220 cm³/mol. The first kappa shape index (κ1) is 49.0. The number of nitrogens with one attached hydrogen (secondary N) is 2. The van der Waals surface area contributed by atoms with Crippen LogP contribution >= 0.6 is 0 Å². The Hall–Kier alpha value is -3.10. The molecule has 13 heteroatoms. The Kier molecular flexibility index (Phi) is 20.4. The minimum atomic E-state index is -1.03. The SMILES string of the molecule is CCC(C)C(C(CC(=O)N1CCCC1C(OC)C(C)C(O)NC(Cc1ccccc1)CC(C)C(=O)O)OC)N(C)C(=O)C(NC(=O)C(C(C)C)N(C)C)C(C)C. The fraction of sp³-hybridized carbons (Fsp3) is 0.767. The number of carboxylic acids is 1. The van der Waals surface area contributed by atoms with Crippen LogP contribution in [0.25, 0.3) is 0 Å². The molecule has 4 N–H and O–H groups in total. The summed E-state index contributed by atoms with van der Waals surface area (Å²) < 4.78 is 12.1. The molecule has 0 saturated carbocycles.